The number of halogens is 4. The van der Waals surface area contributed by atoms with Gasteiger partial charge < -0.3 is 9.84 Å². The van der Waals surface area contributed by atoms with Gasteiger partial charge in [-0.2, -0.15) is 13.2 Å². The third-order valence-corrected chi connectivity index (χ3v) is 9.03. The lowest BCUT2D eigenvalue weighted by atomic mass is 9.59. The third-order valence-electron chi connectivity index (χ3n) is 9.03. The van der Waals surface area contributed by atoms with Crippen LogP contribution in [0.2, 0.25) is 0 Å². The van der Waals surface area contributed by atoms with Crippen molar-refractivity contribution in [3.8, 4) is 11.1 Å². The van der Waals surface area contributed by atoms with Crippen molar-refractivity contribution in [1.82, 2.24) is 4.98 Å². The maximum atomic E-state index is 13.9. The van der Waals surface area contributed by atoms with Crippen LogP contribution >= 0.6 is 0 Å². The van der Waals surface area contributed by atoms with Crippen LogP contribution in [0.4, 0.5) is 17.6 Å². The Bertz CT molecular complexity index is 1320. The number of fused-ring (bicyclic) bond motifs is 1. The topological polar surface area (TPSA) is 42.4 Å². The average Bonchev–Trinajstić information content (AvgIpc) is 3.43. The quantitative estimate of drug-likeness (QED) is 0.320. The molecule has 3 aliphatic rings. The van der Waals surface area contributed by atoms with Crippen molar-refractivity contribution in [3.63, 3.8) is 0 Å². The molecule has 0 radical (unpaired) electrons. The fourth-order valence-electron chi connectivity index (χ4n) is 6.89. The van der Waals surface area contributed by atoms with Crippen LogP contribution in [0.3, 0.4) is 0 Å². The van der Waals surface area contributed by atoms with Crippen LogP contribution in [-0.4, -0.2) is 10.1 Å². The molecule has 0 saturated heterocycles. The van der Waals surface area contributed by atoms with E-state index in [9.17, 15) is 22.7 Å². The number of nitrogens with zero attached hydrogens (tertiary/aromatic N) is 1. The van der Waals surface area contributed by atoms with Crippen LogP contribution in [0.5, 0.6) is 0 Å². The van der Waals surface area contributed by atoms with Gasteiger partial charge in [0.15, 0.2) is 0 Å². The molecular weight excluding hydrogens is 506 g/mol. The summed E-state index contributed by atoms with van der Waals surface area (Å²) in [5, 5.41) is 11.5. The van der Waals surface area contributed by atoms with Gasteiger partial charge in [-0.05, 0) is 84.9 Å². The highest BCUT2D eigenvalue weighted by molar-refractivity contribution is 5.74. The molecule has 0 aliphatic heterocycles. The van der Waals surface area contributed by atoms with Crippen LogP contribution in [0, 0.1) is 11.2 Å². The number of ether oxygens (including phenoxy) is 1. The van der Waals surface area contributed by atoms with Gasteiger partial charge in [-0.25, -0.2) is 4.39 Å². The summed E-state index contributed by atoms with van der Waals surface area (Å²) < 4.78 is 59.0. The van der Waals surface area contributed by atoms with Crippen LogP contribution in [-0.2, 0) is 30.5 Å². The molecule has 3 nitrogen and oxygen atoms in total. The largest absolute Gasteiger partial charge is 0.416 e. The molecule has 2 aromatic carbocycles. The SMILES string of the molecule is OC1CC2(CCC2)Cc2nc(C3CCCC3)c(COCc3ccc(C(F)(F)F)cc3)c(-c3ccc(F)cc3)c21. The van der Waals surface area contributed by atoms with Crippen molar-refractivity contribution < 1.29 is 27.4 Å². The molecule has 1 aromatic heterocycles. The molecule has 1 heterocycles. The van der Waals surface area contributed by atoms with E-state index in [-0.39, 0.29) is 30.4 Å². The minimum Gasteiger partial charge on any atom is -0.388 e. The maximum absolute atomic E-state index is 13.9. The van der Waals surface area contributed by atoms with Crippen molar-refractivity contribution in [2.24, 2.45) is 5.41 Å². The van der Waals surface area contributed by atoms with Crippen molar-refractivity contribution in [2.75, 3.05) is 0 Å². The van der Waals surface area contributed by atoms with Gasteiger partial charge in [0.2, 0.25) is 0 Å². The zero-order chi connectivity index (χ0) is 27.2. The number of hydrogen-bond acceptors (Lipinski definition) is 3. The lowest BCUT2D eigenvalue weighted by molar-refractivity contribution is -0.137. The monoisotopic (exact) mass is 539 g/mol. The first-order valence-corrected chi connectivity index (χ1v) is 14.0. The lowest BCUT2D eigenvalue weighted by Crippen LogP contribution is -2.38. The molecule has 7 heteroatoms. The number of aliphatic hydroxyl groups excluding tert-OH is 1. The summed E-state index contributed by atoms with van der Waals surface area (Å²) in [4.78, 5) is 5.25. The molecule has 1 spiro atoms. The average molecular weight is 540 g/mol. The molecular formula is C32H33F4NO2. The second-order valence-corrected chi connectivity index (χ2v) is 11.6. The zero-order valence-electron chi connectivity index (χ0n) is 21.9. The van der Waals surface area contributed by atoms with Crippen molar-refractivity contribution >= 4 is 0 Å². The van der Waals surface area contributed by atoms with Crippen molar-refractivity contribution in [1.29, 1.82) is 0 Å². The molecule has 2 saturated carbocycles. The molecule has 1 N–H and O–H groups in total. The van der Waals surface area contributed by atoms with Gasteiger partial charge in [0.05, 0.1) is 24.9 Å². The standard InChI is InChI=1S/C32H33F4NO2/c33-24-12-8-21(9-13-24)28-25(19-39-18-20-6-10-23(11-7-20)32(34,35)36)30(22-4-1-2-5-22)37-26-16-31(14-3-15-31)17-27(38)29(26)28/h6-13,22,27,38H,1-5,14-19H2. The molecule has 6 rings (SSSR count). The predicted octanol–water partition coefficient (Wildman–Crippen LogP) is 8.43. The molecule has 2 fully saturated rings. The van der Waals surface area contributed by atoms with Gasteiger partial charge in [0, 0.05) is 28.4 Å². The highest BCUT2D eigenvalue weighted by atomic mass is 19.4. The Morgan fingerprint density at radius 1 is 0.923 bits per heavy atom. The van der Waals surface area contributed by atoms with Crippen LogP contribution < -0.4 is 0 Å². The summed E-state index contributed by atoms with van der Waals surface area (Å²) >= 11 is 0. The first-order valence-electron chi connectivity index (χ1n) is 14.0. The highest BCUT2D eigenvalue weighted by Gasteiger charge is 2.45. The number of benzene rings is 2. The first-order chi connectivity index (χ1) is 18.7. The summed E-state index contributed by atoms with van der Waals surface area (Å²) in [5.41, 5.74) is 5.48. The smallest absolute Gasteiger partial charge is 0.388 e. The second-order valence-electron chi connectivity index (χ2n) is 11.6. The van der Waals surface area contributed by atoms with E-state index in [1.165, 1.54) is 30.7 Å². The number of aromatic nitrogens is 1. The molecule has 1 atom stereocenters. The highest BCUT2D eigenvalue weighted by Crippen LogP contribution is 2.55. The minimum absolute atomic E-state index is 0.118. The van der Waals surface area contributed by atoms with Crippen molar-refractivity contribution in [2.45, 2.75) is 89.2 Å². The second kappa shape index (κ2) is 10.3. The van der Waals surface area contributed by atoms with E-state index >= 15 is 0 Å². The Labute approximate surface area is 226 Å². The van der Waals surface area contributed by atoms with E-state index in [0.717, 1.165) is 90.7 Å². The van der Waals surface area contributed by atoms with Crippen molar-refractivity contribution in [3.05, 3.63) is 88.0 Å². The summed E-state index contributed by atoms with van der Waals surface area (Å²) in [5.74, 6) is -0.0395. The maximum Gasteiger partial charge on any atom is 0.416 e. The zero-order valence-corrected chi connectivity index (χ0v) is 21.9. The first kappa shape index (κ1) is 26.5. The number of aliphatic hydroxyl groups is 1. The lowest BCUT2D eigenvalue weighted by Gasteiger charge is -2.47. The van der Waals surface area contributed by atoms with Crippen LogP contribution in [0.25, 0.3) is 11.1 Å². The van der Waals surface area contributed by atoms with Gasteiger partial charge in [0.25, 0.3) is 0 Å². The van der Waals surface area contributed by atoms with Gasteiger partial charge in [0.1, 0.15) is 5.82 Å². The number of rotatable bonds is 6. The Balaban J connectivity index is 1.39. The van der Waals surface area contributed by atoms with E-state index in [1.807, 2.05) is 0 Å². The van der Waals surface area contributed by atoms with E-state index in [0.29, 0.717) is 12.0 Å². The predicted molar refractivity (Wildman–Crippen MR) is 140 cm³/mol. The summed E-state index contributed by atoms with van der Waals surface area (Å²) in [6.07, 6.45) is 4.23. The van der Waals surface area contributed by atoms with E-state index in [1.54, 1.807) is 12.1 Å². The third kappa shape index (κ3) is 5.23. The molecule has 206 valence electrons. The molecule has 3 aromatic rings. The molecule has 39 heavy (non-hydrogen) atoms. The minimum atomic E-state index is -4.38. The summed E-state index contributed by atoms with van der Waals surface area (Å²) in [7, 11) is 0. The number of pyridine rings is 1. The Morgan fingerprint density at radius 2 is 1.62 bits per heavy atom. The fraction of sp³-hybridized carbons (Fsp3) is 0.469. The van der Waals surface area contributed by atoms with Crippen LogP contribution in [0.1, 0.15) is 97.0 Å². The molecule has 3 aliphatic carbocycles. The Kier molecular flexibility index (Phi) is 7.00. The number of hydrogen-bond donors (Lipinski definition) is 1. The van der Waals surface area contributed by atoms with Gasteiger partial charge in [-0.15, -0.1) is 0 Å². The molecule has 0 bridgehead atoms. The molecule has 1 unspecified atom stereocenters. The normalized spacial score (nSPS) is 20.7. The number of alkyl halides is 3. The van der Waals surface area contributed by atoms with E-state index in [4.69, 9.17) is 9.72 Å². The fourth-order valence-corrected chi connectivity index (χ4v) is 6.89. The van der Waals surface area contributed by atoms with E-state index in [2.05, 4.69) is 0 Å². The van der Waals surface area contributed by atoms with Crippen LogP contribution in [0.15, 0.2) is 48.5 Å². The summed E-state index contributed by atoms with van der Waals surface area (Å²) in [6, 6.07) is 11.4. The van der Waals surface area contributed by atoms with Gasteiger partial charge in [-0.3, -0.25) is 4.98 Å². The Hall–Kier alpha value is -2.77. The molecule has 0 amide bonds. The Morgan fingerprint density at radius 3 is 2.23 bits per heavy atom. The summed E-state index contributed by atoms with van der Waals surface area (Å²) in [6.45, 7) is 0.353. The van der Waals surface area contributed by atoms with Gasteiger partial charge in [-0.1, -0.05) is 43.5 Å². The van der Waals surface area contributed by atoms with Gasteiger partial charge >= 0.3 is 6.18 Å². The van der Waals surface area contributed by atoms with E-state index < -0.39 is 17.8 Å².